The maximum Gasteiger partial charge on any atom is 0.181 e. The van der Waals surface area contributed by atoms with Crippen molar-refractivity contribution in [2.45, 2.75) is 19.9 Å². The van der Waals surface area contributed by atoms with Crippen molar-refractivity contribution in [3.05, 3.63) is 24.6 Å². The Morgan fingerprint density at radius 2 is 2.31 bits per heavy atom. The molecule has 0 fully saturated rings. The zero-order valence-corrected chi connectivity index (χ0v) is 9.60. The van der Waals surface area contributed by atoms with Gasteiger partial charge in [0, 0.05) is 19.8 Å². The summed E-state index contributed by atoms with van der Waals surface area (Å²) in [7, 11) is 1.93. The number of aryl methyl sites for hydroxylation is 1. The van der Waals surface area contributed by atoms with Crippen LogP contribution in [0.15, 0.2) is 23.3 Å². The normalized spacial score (nSPS) is 10.9. The molecule has 1 N–H and O–H groups in total. The van der Waals surface area contributed by atoms with Gasteiger partial charge in [-0.1, -0.05) is 6.92 Å². The van der Waals surface area contributed by atoms with Crippen molar-refractivity contribution in [3.8, 4) is 11.5 Å². The summed E-state index contributed by atoms with van der Waals surface area (Å²) in [5.74, 6) is 0.754. The molecule has 2 aromatic heterocycles. The van der Waals surface area contributed by atoms with Crippen molar-refractivity contribution in [2.24, 2.45) is 7.05 Å². The Morgan fingerprint density at radius 1 is 1.44 bits per heavy atom. The van der Waals surface area contributed by atoms with Crippen LogP contribution in [0.2, 0.25) is 0 Å². The molecule has 0 bridgehead atoms. The second-order valence-corrected chi connectivity index (χ2v) is 3.73. The Bertz CT molecular complexity index is 446. The standard InChI is InChI=1S/C11H16N4O/c1-3-4-12-5-9-11(16-8-14-9)10-6-15(2)7-13-10/h6-8,12H,3-5H2,1-2H3. The summed E-state index contributed by atoms with van der Waals surface area (Å²) in [6, 6.07) is 0. The lowest BCUT2D eigenvalue weighted by Crippen LogP contribution is -2.14. The second-order valence-electron chi connectivity index (χ2n) is 3.73. The van der Waals surface area contributed by atoms with Gasteiger partial charge in [-0.05, 0) is 13.0 Å². The number of imidazole rings is 1. The van der Waals surface area contributed by atoms with E-state index in [-0.39, 0.29) is 0 Å². The Kier molecular flexibility index (Phi) is 3.36. The third kappa shape index (κ3) is 2.30. The maximum atomic E-state index is 5.37. The molecule has 0 unspecified atom stereocenters. The van der Waals surface area contributed by atoms with Gasteiger partial charge in [-0.15, -0.1) is 0 Å². The summed E-state index contributed by atoms with van der Waals surface area (Å²) in [5, 5.41) is 3.30. The molecular formula is C11H16N4O. The molecule has 86 valence electrons. The smallest absolute Gasteiger partial charge is 0.181 e. The first-order valence-corrected chi connectivity index (χ1v) is 5.42. The fourth-order valence-electron chi connectivity index (χ4n) is 1.52. The van der Waals surface area contributed by atoms with Gasteiger partial charge in [-0.3, -0.25) is 0 Å². The molecule has 0 aromatic carbocycles. The molecule has 0 radical (unpaired) electrons. The molecule has 16 heavy (non-hydrogen) atoms. The van der Waals surface area contributed by atoms with E-state index in [4.69, 9.17) is 4.42 Å². The summed E-state index contributed by atoms with van der Waals surface area (Å²) in [5.41, 5.74) is 1.74. The monoisotopic (exact) mass is 220 g/mol. The van der Waals surface area contributed by atoms with Gasteiger partial charge in [-0.2, -0.15) is 0 Å². The fourth-order valence-corrected chi connectivity index (χ4v) is 1.52. The van der Waals surface area contributed by atoms with Crippen LogP contribution in [0, 0.1) is 0 Å². The minimum Gasteiger partial charge on any atom is -0.441 e. The van der Waals surface area contributed by atoms with E-state index in [2.05, 4.69) is 22.2 Å². The minimum atomic E-state index is 0.718. The van der Waals surface area contributed by atoms with Crippen molar-refractivity contribution < 1.29 is 4.42 Å². The lowest BCUT2D eigenvalue weighted by atomic mass is 10.3. The lowest BCUT2D eigenvalue weighted by Gasteiger charge is -2.00. The van der Waals surface area contributed by atoms with Gasteiger partial charge < -0.3 is 14.3 Å². The van der Waals surface area contributed by atoms with Crippen LogP contribution in [-0.4, -0.2) is 21.1 Å². The first-order valence-electron chi connectivity index (χ1n) is 5.42. The Labute approximate surface area is 94.5 Å². The second kappa shape index (κ2) is 4.94. The van der Waals surface area contributed by atoms with Crippen LogP contribution in [0.4, 0.5) is 0 Å². The topological polar surface area (TPSA) is 55.9 Å². The SMILES string of the molecule is CCCNCc1ncoc1-c1cn(C)cn1. The summed E-state index contributed by atoms with van der Waals surface area (Å²) in [6.45, 7) is 3.83. The highest BCUT2D eigenvalue weighted by Gasteiger charge is 2.12. The van der Waals surface area contributed by atoms with E-state index in [9.17, 15) is 0 Å². The molecule has 0 amide bonds. The van der Waals surface area contributed by atoms with E-state index in [0.29, 0.717) is 0 Å². The average Bonchev–Trinajstić information content (AvgIpc) is 2.87. The average molecular weight is 220 g/mol. The molecule has 2 rings (SSSR count). The van der Waals surface area contributed by atoms with Gasteiger partial charge in [0.2, 0.25) is 0 Å². The van der Waals surface area contributed by atoms with Crippen LogP contribution in [0.1, 0.15) is 19.0 Å². The molecule has 0 aliphatic carbocycles. The molecule has 0 aliphatic heterocycles. The van der Waals surface area contributed by atoms with Crippen molar-refractivity contribution in [3.63, 3.8) is 0 Å². The largest absolute Gasteiger partial charge is 0.441 e. The first-order chi connectivity index (χ1) is 7.81. The van der Waals surface area contributed by atoms with E-state index in [1.54, 1.807) is 6.33 Å². The highest BCUT2D eigenvalue weighted by molar-refractivity contribution is 5.53. The van der Waals surface area contributed by atoms with E-state index in [0.717, 1.165) is 36.7 Å². The number of hydrogen-bond acceptors (Lipinski definition) is 4. The maximum absolute atomic E-state index is 5.37. The number of nitrogens with one attached hydrogen (secondary N) is 1. The van der Waals surface area contributed by atoms with Crippen molar-refractivity contribution in [2.75, 3.05) is 6.54 Å². The van der Waals surface area contributed by atoms with Crippen LogP contribution in [0.5, 0.6) is 0 Å². The number of hydrogen-bond donors (Lipinski definition) is 1. The van der Waals surface area contributed by atoms with Crippen molar-refractivity contribution in [1.29, 1.82) is 0 Å². The predicted octanol–water partition coefficient (Wildman–Crippen LogP) is 1.57. The molecule has 0 saturated heterocycles. The zero-order chi connectivity index (χ0) is 11.4. The number of rotatable bonds is 5. The predicted molar refractivity (Wildman–Crippen MR) is 60.7 cm³/mol. The third-order valence-electron chi connectivity index (χ3n) is 2.30. The third-order valence-corrected chi connectivity index (χ3v) is 2.30. The Hall–Kier alpha value is -1.62. The molecule has 0 spiro atoms. The summed E-state index contributed by atoms with van der Waals surface area (Å²) < 4.78 is 7.26. The highest BCUT2D eigenvalue weighted by Crippen LogP contribution is 2.20. The molecule has 0 aliphatic rings. The van der Waals surface area contributed by atoms with E-state index < -0.39 is 0 Å². The summed E-state index contributed by atoms with van der Waals surface area (Å²) in [6.07, 6.45) is 6.24. The number of nitrogens with zero attached hydrogens (tertiary/aromatic N) is 3. The summed E-state index contributed by atoms with van der Waals surface area (Å²) in [4.78, 5) is 8.44. The van der Waals surface area contributed by atoms with Gasteiger partial charge in [0.15, 0.2) is 12.2 Å². The van der Waals surface area contributed by atoms with Gasteiger partial charge in [0.25, 0.3) is 0 Å². The first kappa shape index (κ1) is 10.9. The molecule has 5 nitrogen and oxygen atoms in total. The molecule has 0 saturated carbocycles. The molecule has 0 atom stereocenters. The van der Waals surface area contributed by atoms with E-state index in [1.165, 1.54) is 6.39 Å². The van der Waals surface area contributed by atoms with Crippen molar-refractivity contribution >= 4 is 0 Å². The Morgan fingerprint density at radius 3 is 3.00 bits per heavy atom. The summed E-state index contributed by atoms with van der Waals surface area (Å²) >= 11 is 0. The number of oxazole rings is 1. The van der Waals surface area contributed by atoms with Gasteiger partial charge in [-0.25, -0.2) is 9.97 Å². The lowest BCUT2D eigenvalue weighted by molar-refractivity contribution is 0.567. The van der Waals surface area contributed by atoms with Gasteiger partial charge >= 0.3 is 0 Å². The molecule has 5 heteroatoms. The van der Waals surface area contributed by atoms with Crippen molar-refractivity contribution in [1.82, 2.24) is 19.9 Å². The van der Waals surface area contributed by atoms with Gasteiger partial charge in [0.1, 0.15) is 11.4 Å². The highest BCUT2D eigenvalue weighted by atomic mass is 16.3. The Balaban J connectivity index is 2.12. The number of aromatic nitrogens is 3. The fraction of sp³-hybridized carbons (Fsp3) is 0.455. The van der Waals surface area contributed by atoms with Crippen LogP contribution >= 0.6 is 0 Å². The van der Waals surface area contributed by atoms with Gasteiger partial charge in [0.05, 0.1) is 6.33 Å². The molecule has 2 heterocycles. The molecule has 2 aromatic rings. The van der Waals surface area contributed by atoms with E-state index >= 15 is 0 Å². The van der Waals surface area contributed by atoms with Crippen LogP contribution in [-0.2, 0) is 13.6 Å². The zero-order valence-electron chi connectivity index (χ0n) is 9.60. The quantitative estimate of drug-likeness (QED) is 0.777. The van der Waals surface area contributed by atoms with E-state index in [1.807, 2.05) is 17.8 Å². The minimum absolute atomic E-state index is 0.718. The van der Waals surface area contributed by atoms with Crippen LogP contribution < -0.4 is 5.32 Å². The van der Waals surface area contributed by atoms with Crippen LogP contribution in [0.3, 0.4) is 0 Å². The molecular weight excluding hydrogens is 204 g/mol. The van der Waals surface area contributed by atoms with Crippen LogP contribution in [0.25, 0.3) is 11.5 Å².